The molecule has 3 rings (SSSR count). The molecule has 114 valence electrons. The molecule has 3 atom stereocenters. The minimum atomic E-state index is -0.333. The molecule has 0 saturated carbocycles. The normalized spacial score (nSPS) is 28.8. The van der Waals surface area contributed by atoms with Crippen LogP contribution in [0.4, 0.5) is 5.69 Å². The van der Waals surface area contributed by atoms with E-state index in [0.717, 1.165) is 31.6 Å². The van der Waals surface area contributed by atoms with Crippen molar-refractivity contribution in [2.45, 2.75) is 25.9 Å². The molecule has 0 spiro atoms. The lowest BCUT2D eigenvalue weighted by atomic mass is 9.93. The third-order valence-electron chi connectivity index (χ3n) is 4.86. The Morgan fingerprint density at radius 3 is 3.00 bits per heavy atom. The molecular weight excluding hydrogens is 290 g/mol. The number of nitro benzene ring substituents is 1. The topological polar surface area (TPSA) is 58.4 Å². The molecule has 6 heteroatoms. The van der Waals surface area contributed by atoms with Crippen LogP contribution in [0, 0.1) is 22.0 Å². The number of likely N-dealkylation sites (tertiary alicyclic amines) is 1. The first kappa shape index (κ1) is 14.8. The Morgan fingerprint density at radius 1 is 1.48 bits per heavy atom. The van der Waals surface area contributed by atoms with Gasteiger partial charge in [0.25, 0.3) is 5.69 Å². The third-order valence-corrected chi connectivity index (χ3v) is 5.10. The molecule has 1 N–H and O–H groups in total. The van der Waals surface area contributed by atoms with Crippen LogP contribution in [0.2, 0.25) is 5.02 Å². The van der Waals surface area contributed by atoms with Gasteiger partial charge in [-0.2, -0.15) is 0 Å². The van der Waals surface area contributed by atoms with Gasteiger partial charge in [0.05, 0.1) is 4.92 Å². The standard InChI is InChI=1S/C15H20ClN3O2/c1-2-14-13-7-17-6-11(13)9-18(14)8-10-3-4-12(16)5-15(10)19(20)21/h3-5,11,13-14,17H,2,6-9H2,1H3. The molecule has 0 aromatic heterocycles. The van der Waals surface area contributed by atoms with Crippen LogP contribution in [0.15, 0.2) is 18.2 Å². The van der Waals surface area contributed by atoms with Crippen molar-refractivity contribution in [2.24, 2.45) is 11.8 Å². The van der Waals surface area contributed by atoms with Crippen molar-refractivity contribution in [3.05, 3.63) is 38.9 Å². The number of benzene rings is 1. The highest BCUT2D eigenvalue weighted by atomic mass is 35.5. The van der Waals surface area contributed by atoms with E-state index in [2.05, 4.69) is 17.1 Å². The molecule has 1 aromatic carbocycles. The lowest BCUT2D eigenvalue weighted by molar-refractivity contribution is -0.385. The van der Waals surface area contributed by atoms with Gasteiger partial charge in [-0.3, -0.25) is 15.0 Å². The van der Waals surface area contributed by atoms with Crippen LogP contribution in [0.1, 0.15) is 18.9 Å². The van der Waals surface area contributed by atoms with Crippen molar-refractivity contribution in [3.63, 3.8) is 0 Å². The first-order valence-corrected chi connectivity index (χ1v) is 7.85. The number of rotatable bonds is 4. The number of halogens is 1. The van der Waals surface area contributed by atoms with Crippen molar-refractivity contribution in [2.75, 3.05) is 19.6 Å². The van der Waals surface area contributed by atoms with E-state index in [9.17, 15) is 10.1 Å². The highest BCUT2D eigenvalue weighted by Gasteiger charge is 2.43. The van der Waals surface area contributed by atoms with Gasteiger partial charge in [0.15, 0.2) is 0 Å². The molecular formula is C15H20ClN3O2. The Morgan fingerprint density at radius 2 is 2.29 bits per heavy atom. The molecule has 21 heavy (non-hydrogen) atoms. The van der Waals surface area contributed by atoms with E-state index in [0.29, 0.717) is 29.4 Å². The molecule has 2 fully saturated rings. The van der Waals surface area contributed by atoms with Crippen molar-refractivity contribution < 1.29 is 4.92 Å². The van der Waals surface area contributed by atoms with Crippen LogP contribution in [0.25, 0.3) is 0 Å². The Labute approximate surface area is 129 Å². The Kier molecular flexibility index (Phi) is 4.15. The summed E-state index contributed by atoms with van der Waals surface area (Å²) in [5, 5.41) is 15.1. The van der Waals surface area contributed by atoms with E-state index in [1.54, 1.807) is 12.1 Å². The zero-order valence-corrected chi connectivity index (χ0v) is 12.8. The predicted molar refractivity (Wildman–Crippen MR) is 82.4 cm³/mol. The third kappa shape index (κ3) is 2.78. The van der Waals surface area contributed by atoms with Crippen molar-refractivity contribution in [3.8, 4) is 0 Å². The highest BCUT2D eigenvalue weighted by Crippen LogP contribution is 2.36. The van der Waals surface area contributed by atoms with Crippen LogP contribution in [0.3, 0.4) is 0 Å². The van der Waals surface area contributed by atoms with Crippen molar-refractivity contribution in [1.29, 1.82) is 0 Å². The molecule has 0 amide bonds. The number of hydrogen-bond acceptors (Lipinski definition) is 4. The quantitative estimate of drug-likeness (QED) is 0.686. The van der Waals surface area contributed by atoms with E-state index in [1.807, 2.05) is 0 Å². The largest absolute Gasteiger partial charge is 0.316 e. The van der Waals surface area contributed by atoms with Crippen LogP contribution < -0.4 is 5.32 Å². The molecule has 0 aliphatic carbocycles. The number of fused-ring (bicyclic) bond motifs is 1. The van der Waals surface area contributed by atoms with Gasteiger partial charge in [-0.05, 0) is 43.5 Å². The SMILES string of the molecule is CCC1C2CNCC2CN1Cc1ccc(Cl)cc1[N+](=O)[O-]. The molecule has 3 unspecified atom stereocenters. The number of nitrogens with zero attached hydrogens (tertiary/aromatic N) is 2. The van der Waals surface area contributed by atoms with E-state index >= 15 is 0 Å². The highest BCUT2D eigenvalue weighted by molar-refractivity contribution is 6.30. The molecule has 2 aliphatic heterocycles. The van der Waals surface area contributed by atoms with Gasteiger partial charge in [-0.15, -0.1) is 0 Å². The van der Waals surface area contributed by atoms with Gasteiger partial charge in [0.2, 0.25) is 0 Å². The minimum Gasteiger partial charge on any atom is -0.316 e. The summed E-state index contributed by atoms with van der Waals surface area (Å²) in [6.45, 7) is 6.01. The summed E-state index contributed by atoms with van der Waals surface area (Å²) >= 11 is 5.89. The molecule has 5 nitrogen and oxygen atoms in total. The molecule has 1 aromatic rings. The first-order chi connectivity index (χ1) is 10.1. The van der Waals surface area contributed by atoms with Crippen LogP contribution in [0.5, 0.6) is 0 Å². The van der Waals surface area contributed by atoms with E-state index < -0.39 is 0 Å². The number of nitro groups is 1. The van der Waals surface area contributed by atoms with E-state index in [-0.39, 0.29) is 10.6 Å². The lowest BCUT2D eigenvalue weighted by Gasteiger charge is -2.26. The number of nitrogens with one attached hydrogen (secondary N) is 1. The van der Waals surface area contributed by atoms with Gasteiger partial charge in [0, 0.05) is 35.8 Å². The van der Waals surface area contributed by atoms with Crippen molar-refractivity contribution in [1.82, 2.24) is 10.2 Å². The maximum Gasteiger partial charge on any atom is 0.275 e. The second-order valence-electron chi connectivity index (χ2n) is 6.02. The van der Waals surface area contributed by atoms with Gasteiger partial charge in [0.1, 0.15) is 0 Å². The van der Waals surface area contributed by atoms with Gasteiger partial charge in [-0.1, -0.05) is 18.5 Å². The second-order valence-corrected chi connectivity index (χ2v) is 6.45. The fraction of sp³-hybridized carbons (Fsp3) is 0.600. The second kappa shape index (κ2) is 5.91. The maximum atomic E-state index is 11.2. The Balaban J connectivity index is 1.82. The summed E-state index contributed by atoms with van der Waals surface area (Å²) < 4.78 is 0. The summed E-state index contributed by atoms with van der Waals surface area (Å²) in [6, 6.07) is 5.50. The minimum absolute atomic E-state index is 0.132. The smallest absolute Gasteiger partial charge is 0.275 e. The molecule has 0 bridgehead atoms. The summed E-state index contributed by atoms with van der Waals surface area (Å²) in [6.07, 6.45) is 1.09. The van der Waals surface area contributed by atoms with Crippen LogP contribution in [-0.4, -0.2) is 35.5 Å². The zero-order chi connectivity index (χ0) is 15.0. The van der Waals surface area contributed by atoms with Gasteiger partial charge in [-0.25, -0.2) is 0 Å². The molecule has 2 heterocycles. The summed E-state index contributed by atoms with van der Waals surface area (Å²) in [4.78, 5) is 13.3. The van der Waals surface area contributed by atoms with E-state index in [1.165, 1.54) is 6.07 Å². The average molecular weight is 310 g/mol. The summed E-state index contributed by atoms with van der Waals surface area (Å²) in [5.74, 6) is 1.36. The Bertz CT molecular complexity index is 552. The average Bonchev–Trinajstić information content (AvgIpc) is 3.00. The predicted octanol–water partition coefficient (Wildman–Crippen LogP) is 2.68. The fourth-order valence-electron chi connectivity index (χ4n) is 3.91. The van der Waals surface area contributed by atoms with E-state index in [4.69, 9.17) is 11.6 Å². The van der Waals surface area contributed by atoms with Gasteiger partial charge < -0.3 is 5.32 Å². The first-order valence-electron chi connectivity index (χ1n) is 7.47. The zero-order valence-electron chi connectivity index (χ0n) is 12.1. The maximum absolute atomic E-state index is 11.2. The monoisotopic (exact) mass is 309 g/mol. The molecule has 0 radical (unpaired) electrons. The molecule has 2 saturated heterocycles. The van der Waals surface area contributed by atoms with Crippen molar-refractivity contribution >= 4 is 17.3 Å². The van der Waals surface area contributed by atoms with Crippen LogP contribution in [-0.2, 0) is 6.54 Å². The summed E-state index contributed by atoms with van der Waals surface area (Å²) in [5.41, 5.74) is 0.892. The fourth-order valence-corrected chi connectivity index (χ4v) is 4.08. The van der Waals surface area contributed by atoms with Gasteiger partial charge >= 0.3 is 0 Å². The molecule has 2 aliphatic rings. The Hall–Kier alpha value is -1.17. The van der Waals surface area contributed by atoms with Crippen LogP contribution >= 0.6 is 11.6 Å². The lowest BCUT2D eigenvalue weighted by Crippen LogP contribution is -2.34. The summed E-state index contributed by atoms with van der Waals surface area (Å²) in [7, 11) is 0. The number of hydrogen-bond donors (Lipinski definition) is 1.